The Kier molecular flexibility index (Phi) is 4.70. The Morgan fingerprint density at radius 2 is 2.47 bits per heavy atom. The summed E-state index contributed by atoms with van der Waals surface area (Å²) in [5.41, 5.74) is 1.54. The van der Waals surface area contributed by atoms with E-state index in [1.807, 2.05) is 6.92 Å². The number of rotatable bonds is 4. The molecule has 0 saturated heterocycles. The molecule has 1 heterocycles. The highest BCUT2D eigenvalue weighted by molar-refractivity contribution is 5.93. The number of ether oxygens (including phenoxy) is 1. The number of carbonyl (C=O) groups is 1. The molecule has 0 atom stereocenters. The Morgan fingerprint density at radius 3 is 3.06 bits per heavy atom. The molecule has 0 fully saturated rings. The van der Waals surface area contributed by atoms with Gasteiger partial charge in [0.2, 0.25) is 0 Å². The Balaban J connectivity index is 2.75. The van der Waals surface area contributed by atoms with Crippen molar-refractivity contribution in [2.24, 2.45) is 0 Å². The minimum Gasteiger partial charge on any atom is -0.462 e. The third kappa shape index (κ3) is 3.95. The summed E-state index contributed by atoms with van der Waals surface area (Å²) < 4.78 is 4.72. The van der Waals surface area contributed by atoms with Gasteiger partial charge in [0.05, 0.1) is 6.61 Å². The van der Waals surface area contributed by atoms with Gasteiger partial charge in [-0.2, -0.15) is 5.26 Å². The van der Waals surface area contributed by atoms with Crippen molar-refractivity contribution in [3.63, 3.8) is 0 Å². The maximum absolute atomic E-state index is 11.3. The molecule has 0 amide bonds. The van der Waals surface area contributed by atoms with Gasteiger partial charge < -0.3 is 10.1 Å². The molecule has 0 unspecified atom stereocenters. The van der Waals surface area contributed by atoms with Crippen molar-refractivity contribution in [1.82, 2.24) is 4.98 Å². The van der Waals surface area contributed by atoms with Crippen molar-refractivity contribution >= 4 is 11.7 Å². The fourth-order valence-corrected chi connectivity index (χ4v) is 1.14. The molecular weight excluding hydrogens is 218 g/mol. The Morgan fingerprint density at radius 1 is 1.71 bits per heavy atom. The van der Waals surface area contributed by atoms with E-state index in [1.165, 1.54) is 6.20 Å². The number of carbonyl (C=O) groups excluding carboxylic acids is 1. The van der Waals surface area contributed by atoms with Crippen molar-refractivity contribution in [1.29, 1.82) is 5.26 Å². The second kappa shape index (κ2) is 6.28. The highest BCUT2D eigenvalue weighted by Gasteiger charge is 2.08. The standard InChI is InChI=1S/C12H13N3O2/c1-3-17-12(16)10(7-13)8-15-11-4-5-14-9(2)6-11/h4-6,8H,3H2,1-2H3,(H,14,15)/b10-8+. The molecule has 5 heteroatoms. The molecule has 88 valence electrons. The van der Waals surface area contributed by atoms with E-state index < -0.39 is 5.97 Å². The molecule has 0 aromatic carbocycles. The molecule has 1 aromatic heterocycles. The third-order valence-corrected chi connectivity index (χ3v) is 1.90. The van der Waals surface area contributed by atoms with E-state index in [2.05, 4.69) is 10.3 Å². The molecule has 1 N–H and O–H groups in total. The van der Waals surface area contributed by atoms with Crippen LogP contribution in [0.3, 0.4) is 0 Å². The van der Waals surface area contributed by atoms with Crippen LogP contribution in [0, 0.1) is 18.3 Å². The summed E-state index contributed by atoms with van der Waals surface area (Å²) in [5, 5.41) is 11.6. The van der Waals surface area contributed by atoms with Crippen LogP contribution in [-0.2, 0) is 9.53 Å². The Hall–Kier alpha value is -2.35. The van der Waals surface area contributed by atoms with Crippen LogP contribution >= 0.6 is 0 Å². The quantitative estimate of drug-likeness (QED) is 0.485. The summed E-state index contributed by atoms with van der Waals surface area (Å²) in [6, 6.07) is 5.32. The molecule has 17 heavy (non-hydrogen) atoms. The van der Waals surface area contributed by atoms with Gasteiger partial charge in [-0.1, -0.05) is 0 Å². The zero-order valence-corrected chi connectivity index (χ0v) is 9.73. The molecule has 0 bridgehead atoms. The number of nitriles is 1. The van der Waals surface area contributed by atoms with Crippen molar-refractivity contribution in [2.45, 2.75) is 13.8 Å². The highest BCUT2D eigenvalue weighted by atomic mass is 16.5. The van der Waals surface area contributed by atoms with Gasteiger partial charge in [-0.3, -0.25) is 4.98 Å². The van der Waals surface area contributed by atoms with E-state index in [0.29, 0.717) is 0 Å². The second-order valence-electron chi connectivity index (χ2n) is 3.22. The number of nitrogens with one attached hydrogen (secondary N) is 1. The number of aromatic nitrogens is 1. The maximum Gasteiger partial charge on any atom is 0.350 e. The normalized spacial score (nSPS) is 10.5. The van der Waals surface area contributed by atoms with Gasteiger partial charge >= 0.3 is 5.97 Å². The van der Waals surface area contributed by atoms with Gasteiger partial charge in [-0.25, -0.2) is 4.79 Å². The maximum atomic E-state index is 11.3. The van der Waals surface area contributed by atoms with Crippen molar-refractivity contribution in [3.8, 4) is 6.07 Å². The number of hydrogen-bond acceptors (Lipinski definition) is 5. The van der Waals surface area contributed by atoms with Gasteiger partial charge in [0.15, 0.2) is 5.57 Å². The first-order chi connectivity index (χ1) is 8.17. The smallest absolute Gasteiger partial charge is 0.350 e. The third-order valence-electron chi connectivity index (χ3n) is 1.90. The molecule has 0 aliphatic heterocycles. The molecular formula is C12H13N3O2. The summed E-state index contributed by atoms with van der Waals surface area (Å²) in [6.07, 6.45) is 2.97. The zero-order chi connectivity index (χ0) is 12.7. The van der Waals surface area contributed by atoms with Crippen LogP contribution < -0.4 is 5.32 Å². The predicted molar refractivity (Wildman–Crippen MR) is 62.9 cm³/mol. The van der Waals surface area contributed by atoms with E-state index in [1.54, 1.807) is 31.3 Å². The van der Waals surface area contributed by atoms with Gasteiger partial charge in [-0.15, -0.1) is 0 Å². The minimum absolute atomic E-state index is 0.0682. The van der Waals surface area contributed by atoms with E-state index >= 15 is 0 Å². The summed E-state index contributed by atoms with van der Waals surface area (Å²) in [7, 11) is 0. The first kappa shape index (κ1) is 12.7. The lowest BCUT2D eigenvalue weighted by Gasteiger charge is -2.03. The van der Waals surface area contributed by atoms with Crippen LogP contribution in [0.15, 0.2) is 30.1 Å². The summed E-state index contributed by atoms with van der Waals surface area (Å²) in [6.45, 7) is 3.78. The van der Waals surface area contributed by atoms with E-state index in [0.717, 1.165) is 11.4 Å². The van der Waals surface area contributed by atoms with Crippen LogP contribution in [0.5, 0.6) is 0 Å². The molecule has 0 aliphatic carbocycles. The van der Waals surface area contributed by atoms with Gasteiger partial charge in [0, 0.05) is 23.8 Å². The number of aryl methyl sites for hydroxylation is 1. The fourth-order valence-electron chi connectivity index (χ4n) is 1.14. The van der Waals surface area contributed by atoms with Crippen molar-refractivity contribution in [2.75, 3.05) is 11.9 Å². The van der Waals surface area contributed by atoms with Crippen LogP contribution in [-0.4, -0.2) is 17.6 Å². The molecule has 0 aliphatic rings. The van der Waals surface area contributed by atoms with Crippen molar-refractivity contribution in [3.05, 3.63) is 35.8 Å². The topological polar surface area (TPSA) is 75.0 Å². The largest absolute Gasteiger partial charge is 0.462 e. The fraction of sp³-hybridized carbons (Fsp3) is 0.250. The molecule has 0 spiro atoms. The van der Waals surface area contributed by atoms with Gasteiger partial charge in [0.25, 0.3) is 0 Å². The zero-order valence-electron chi connectivity index (χ0n) is 9.73. The second-order valence-corrected chi connectivity index (χ2v) is 3.22. The lowest BCUT2D eigenvalue weighted by molar-refractivity contribution is -0.138. The van der Waals surface area contributed by atoms with Gasteiger partial charge in [-0.05, 0) is 26.0 Å². The molecule has 0 saturated carbocycles. The average Bonchev–Trinajstić information content (AvgIpc) is 2.30. The summed E-state index contributed by atoms with van der Waals surface area (Å²) >= 11 is 0. The molecule has 5 nitrogen and oxygen atoms in total. The SMILES string of the molecule is CCOC(=O)/C(C#N)=C/Nc1ccnc(C)c1. The molecule has 1 rings (SSSR count). The minimum atomic E-state index is -0.631. The van der Waals surface area contributed by atoms with Crippen LogP contribution in [0.1, 0.15) is 12.6 Å². The number of hydrogen-bond donors (Lipinski definition) is 1. The Labute approximate surface area is 99.7 Å². The van der Waals surface area contributed by atoms with Crippen LogP contribution in [0.25, 0.3) is 0 Å². The molecule has 0 radical (unpaired) electrons. The highest BCUT2D eigenvalue weighted by Crippen LogP contribution is 2.08. The number of anilines is 1. The number of nitrogens with zero attached hydrogens (tertiary/aromatic N) is 2. The van der Waals surface area contributed by atoms with E-state index in [9.17, 15) is 4.79 Å². The summed E-state index contributed by atoms with van der Waals surface area (Å²) in [5.74, 6) is -0.631. The predicted octanol–water partition coefficient (Wildman–Crippen LogP) is 1.77. The number of esters is 1. The Bertz CT molecular complexity index is 475. The summed E-state index contributed by atoms with van der Waals surface area (Å²) in [4.78, 5) is 15.3. The molecule has 1 aromatic rings. The van der Waals surface area contributed by atoms with E-state index in [4.69, 9.17) is 10.00 Å². The first-order valence-corrected chi connectivity index (χ1v) is 5.14. The van der Waals surface area contributed by atoms with Crippen molar-refractivity contribution < 1.29 is 9.53 Å². The average molecular weight is 231 g/mol. The lowest BCUT2D eigenvalue weighted by atomic mass is 10.3. The van der Waals surface area contributed by atoms with Crippen LogP contribution in [0.4, 0.5) is 5.69 Å². The number of pyridine rings is 1. The first-order valence-electron chi connectivity index (χ1n) is 5.14. The lowest BCUT2D eigenvalue weighted by Crippen LogP contribution is -2.07. The monoisotopic (exact) mass is 231 g/mol. The van der Waals surface area contributed by atoms with E-state index in [-0.39, 0.29) is 12.2 Å². The van der Waals surface area contributed by atoms with Crippen LogP contribution in [0.2, 0.25) is 0 Å². The van der Waals surface area contributed by atoms with Gasteiger partial charge in [0.1, 0.15) is 6.07 Å².